The molecule has 5 heteroatoms. The highest BCUT2D eigenvalue weighted by atomic mass is 16.5. The van der Waals surface area contributed by atoms with Crippen LogP contribution in [0.15, 0.2) is 0 Å². The zero-order chi connectivity index (χ0) is 9.52. The summed E-state index contributed by atoms with van der Waals surface area (Å²) in [7, 11) is 0. The van der Waals surface area contributed by atoms with Crippen molar-refractivity contribution in [3.05, 3.63) is 0 Å². The zero-order valence-corrected chi connectivity index (χ0v) is 7.71. The molecule has 13 heavy (non-hydrogen) atoms. The molecule has 1 amide bonds. The topological polar surface area (TPSA) is 76.4 Å². The summed E-state index contributed by atoms with van der Waals surface area (Å²) in [6.07, 6.45) is 1.57. The van der Waals surface area contributed by atoms with Crippen LogP contribution in [0.1, 0.15) is 12.8 Å². The van der Waals surface area contributed by atoms with Crippen LogP contribution in [0.2, 0.25) is 0 Å². The first-order chi connectivity index (χ1) is 6.29. The van der Waals surface area contributed by atoms with Gasteiger partial charge in [-0.3, -0.25) is 0 Å². The van der Waals surface area contributed by atoms with Crippen LogP contribution < -0.4 is 16.4 Å². The Labute approximate surface area is 78.0 Å². The maximum atomic E-state index is 10.2. The van der Waals surface area contributed by atoms with Crippen LogP contribution in [0, 0.1) is 0 Å². The number of hydrogen-bond donors (Lipinski definition) is 3. The van der Waals surface area contributed by atoms with Crippen molar-refractivity contribution in [1.82, 2.24) is 10.6 Å². The molecule has 1 aliphatic rings. The molecule has 1 rings (SSSR count). The molecule has 0 aromatic heterocycles. The lowest BCUT2D eigenvalue weighted by Gasteiger charge is -2.23. The van der Waals surface area contributed by atoms with Crippen molar-refractivity contribution in [3.63, 3.8) is 0 Å². The van der Waals surface area contributed by atoms with Crippen molar-refractivity contribution >= 4 is 6.09 Å². The Bertz CT molecular complexity index is 157. The van der Waals surface area contributed by atoms with E-state index in [-0.39, 0.29) is 0 Å². The van der Waals surface area contributed by atoms with E-state index in [0.717, 1.165) is 25.9 Å². The molecule has 0 atom stereocenters. The summed E-state index contributed by atoms with van der Waals surface area (Å²) in [6, 6.07) is 0.553. The first-order valence-electron chi connectivity index (χ1n) is 4.65. The molecule has 76 valence electrons. The monoisotopic (exact) mass is 187 g/mol. The van der Waals surface area contributed by atoms with E-state index in [2.05, 4.69) is 15.4 Å². The molecule has 1 fully saturated rings. The Morgan fingerprint density at radius 3 is 2.85 bits per heavy atom. The summed E-state index contributed by atoms with van der Waals surface area (Å²) >= 11 is 0. The molecule has 0 spiro atoms. The number of carbonyl (C=O) groups is 1. The molecular formula is C8H17N3O2. The smallest absolute Gasteiger partial charge is 0.404 e. The lowest BCUT2D eigenvalue weighted by Crippen LogP contribution is -2.41. The first kappa shape index (κ1) is 10.3. The molecule has 1 saturated heterocycles. The summed E-state index contributed by atoms with van der Waals surface area (Å²) in [5.41, 5.74) is 4.81. The summed E-state index contributed by atoms with van der Waals surface area (Å²) in [4.78, 5) is 10.2. The molecule has 5 nitrogen and oxygen atoms in total. The van der Waals surface area contributed by atoms with E-state index in [0.29, 0.717) is 19.2 Å². The zero-order valence-electron chi connectivity index (χ0n) is 7.71. The maximum absolute atomic E-state index is 10.2. The summed E-state index contributed by atoms with van der Waals surface area (Å²) in [6.45, 7) is 3.18. The van der Waals surface area contributed by atoms with Crippen molar-refractivity contribution in [1.29, 1.82) is 0 Å². The second kappa shape index (κ2) is 5.77. The highest BCUT2D eigenvalue weighted by Gasteiger charge is 2.11. The molecule has 0 saturated carbocycles. The maximum Gasteiger partial charge on any atom is 0.404 e. The van der Waals surface area contributed by atoms with Gasteiger partial charge < -0.3 is 21.1 Å². The molecule has 0 radical (unpaired) electrons. The van der Waals surface area contributed by atoms with E-state index >= 15 is 0 Å². The van der Waals surface area contributed by atoms with Crippen LogP contribution in [-0.4, -0.2) is 38.4 Å². The number of piperidine rings is 1. The Morgan fingerprint density at radius 2 is 2.23 bits per heavy atom. The molecule has 0 bridgehead atoms. The summed E-state index contributed by atoms with van der Waals surface area (Å²) in [5, 5.41) is 6.58. The molecule has 1 aliphatic heterocycles. The number of amides is 1. The van der Waals surface area contributed by atoms with Crippen molar-refractivity contribution < 1.29 is 9.53 Å². The van der Waals surface area contributed by atoms with Gasteiger partial charge in [0.2, 0.25) is 0 Å². The minimum absolute atomic E-state index is 0.360. The van der Waals surface area contributed by atoms with E-state index in [9.17, 15) is 4.79 Å². The van der Waals surface area contributed by atoms with E-state index in [1.165, 1.54) is 0 Å². The largest absolute Gasteiger partial charge is 0.448 e. The Morgan fingerprint density at radius 1 is 1.54 bits per heavy atom. The lowest BCUT2D eigenvalue weighted by molar-refractivity contribution is 0.155. The average molecular weight is 187 g/mol. The van der Waals surface area contributed by atoms with E-state index in [1.807, 2.05) is 0 Å². The predicted octanol–water partition coefficient (Wildman–Crippen LogP) is -0.577. The van der Waals surface area contributed by atoms with Gasteiger partial charge in [0.15, 0.2) is 0 Å². The summed E-state index contributed by atoms with van der Waals surface area (Å²) < 4.78 is 4.59. The van der Waals surface area contributed by atoms with E-state index < -0.39 is 6.09 Å². The minimum atomic E-state index is -0.702. The van der Waals surface area contributed by atoms with Crippen molar-refractivity contribution in [3.8, 4) is 0 Å². The fourth-order valence-electron chi connectivity index (χ4n) is 1.44. The van der Waals surface area contributed by atoms with Crippen LogP contribution in [0.3, 0.4) is 0 Å². The van der Waals surface area contributed by atoms with Gasteiger partial charge in [0.1, 0.15) is 6.61 Å². The third-order valence-electron chi connectivity index (χ3n) is 2.12. The van der Waals surface area contributed by atoms with Crippen LogP contribution in [0.25, 0.3) is 0 Å². The van der Waals surface area contributed by atoms with Gasteiger partial charge in [-0.2, -0.15) is 0 Å². The number of rotatable bonds is 4. The Kier molecular flexibility index (Phi) is 4.56. The third-order valence-corrected chi connectivity index (χ3v) is 2.12. The third kappa shape index (κ3) is 4.69. The standard InChI is InChI=1S/C8H17N3O2/c9-8(12)13-6-5-11-7-1-3-10-4-2-7/h7,10-11H,1-6H2,(H2,9,12). The van der Waals surface area contributed by atoms with Crippen molar-refractivity contribution in [2.45, 2.75) is 18.9 Å². The molecule has 0 aromatic carbocycles. The Balaban J connectivity index is 1.95. The molecule has 4 N–H and O–H groups in total. The van der Waals surface area contributed by atoms with Gasteiger partial charge in [0, 0.05) is 12.6 Å². The quantitative estimate of drug-likeness (QED) is 0.515. The molecule has 0 unspecified atom stereocenters. The van der Waals surface area contributed by atoms with Gasteiger partial charge in [0.25, 0.3) is 0 Å². The summed E-state index contributed by atoms with van der Waals surface area (Å²) in [5.74, 6) is 0. The van der Waals surface area contributed by atoms with Crippen LogP contribution >= 0.6 is 0 Å². The SMILES string of the molecule is NC(=O)OCCNC1CCNCC1. The van der Waals surface area contributed by atoms with Crippen molar-refractivity contribution in [2.75, 3.05) is 26.2 Å². The number of carbonyl (C=O) groups excluding carboxylic acids is 1. The number of nitrogens with two attached hydrogens (primary N) is 1. The van der Waals surface area contributed by atoms with Gasteiger partial charge >= 0.3 is 6.09 Å². The van der Waals surface area contributed by atoms with Crippen molar-refractivity contribution in [2.24, 2.45) is 5.73 Å². The van der Waals surface area contributed by atoms with Crippen LogP contribution in [-0.2, 0) is 4.74 Å². The molecule has 0 aliphatic carbocycles. The van der Waals surface area contributed by atoms with Gasteiger partial charge in [-0.1, -0.05) is 0 Å². The van der Waals surface area contributed by atoms with Gasteiger partial charge in [0.05, 0.1) is 0 Å². The number of primary amides is 1. The second-order valence-corrected chi connectivity index (χ2v) is 3.15. The van der Waals surface area contributed by atoms with Gasteiger partial charge in [-0.05, 0) is 25.9 Å². The van der Waals surface area contributed by atoms with Crippen LogP contribution in [0.4, 0.5) is 4.79 Å². The second-order valence-electron chi connectivity index (χ2n) is 3.15. The molecule has 1 heterocycles. The number of hydrogen-bond acceptors (Lipinski definition) is 4. The van der Waals surface area contributed by atoms with Crippen LogP contribution in [0.5, 0.6) is 0 Å². The average Bonchev–Trinajstić information content (AvgIpc) is 2.14. The Hall–Kier alpha value is -0.810. The van der Waals surface area contributed by atoms with E-state index in [1.54, 1.807) is 0 Å². The fraction of sp³-hybridized carbons (Fsp3) is 0.875. The number of ether oxygens (including phenoxy) is 1. The van der Waals surface area contributed by atoms with Gasteiger partial charge in [-0.25, -0.2) is 4.79 Å². The molecule has 0 aromatic rings. The number of nitrogens with one attached hydrogen (secondary N) is 2. The normalized spacial score (nSPS) is 18.5. The van der Waals surface area contributed by atoms with E-state index in [4.69, 9.17) is 5.73 Å². The fourth-order valence-corrected chi connectivity index (χ4v) is 1.44. The highest BCUT2D eigenvalue weighted by molar-refractivity contribution is 5.64. The highest BCUT2D eigenvalue weighted by Crippen LogP contribution is 2.00. The van der Waals surface area contributed by atoms with Gasteiger partial charge in [-0.15, -0.1) is 0 Å². The first-order valence-corrected chi connectivity index (χ1v) is 4.65. The lowest BCUT2D eigenvalue weighted by atomic mass is 10.1. The molecular weight excluding hydrogens is 170 g/mol. The predicted molar refractivity (Wildman–Crippen MR) is 49.4 cm³/mol. The minimum Gasteiger partial charge on any atom is -0.448 e.